The van der Waals surface area contributed by atoms with Gasteiger partial charge in [-0.2, -0.15) is 0 Å². The van der Waals surface area contributed by atoms with E-state index in [9.17, 15) is 0 Å². The lowest BCUT2D eigenvalue weighted by molar-refractivity contribution is 0.162. The molecule has 3 aromatic heterocycles. The van der Waals surface area contributed by atoms with E-state index in [1.807, 2.05) is 0 Å². The fourth-order valence-corrected chi connectivity index (χ4v) is 5.76. The number of aryl methyl sites for hydroxylation is 3. The Morgan fingerprint density at radius 2 is 2.03 bits per heavy atom. The molecule has 174 valence electrons. The standard InChI is InChI=1S/C27H34N4OS/c1-3-6-21-19-29-27(25-18-26-24(30(25)2)12-16-33-26)31(21)15-5-8-20-7-4-9-23(17-20)32-22-10-13-28-14-11-22/h4,7,9,12,16-19,22,28H,3,5-6,8,10-11,13-15H2,1-2H3. The number of piperidine rings is 1. The molecule has 0 amide bonds. The van der Waals surface area contributed by atoms with Crippen molar-refractivity contribution in [2.45, 2.75) is 58.1 Å². The van der Waals surface area contributed by atoms with Crippen LogP contribution in [0.15, 0.2) is 48.0 Å². The highest BCUT2D eigenvalue weighted by atomic mass is 32.1. The number of fused-ring (bicyclic) bond motifs is 1. The van der Waals surface area contributed by atoms with Crippen molar-refractivity contribution in [3.05, 3.63) is 59.2 Å². The molecule has 0 saturated carbocycles. The Morgan fingerprint density at radius 1 is 1.15 bits per heavy atom. The summed E-state index contributed by atoms with van der Waals surface area (Å²) in [6, 6.07) is 13.2. The molecule has 0 atom stereocenters. The van der Waals surface area contributed by atoms with Gasteiger partial charge in [0.2, 0.25) is 0 Å². The molecule has 4 heterocycles. The first kappa shape index (κ1) is 22.2. The van der Waals surface area contributed by atoms with E-state index in [-0.39, 0.29) is 0 Å². The van der Waals surface area contributed by atoms with Crippen molar-refractivity contribution in [1.29, 1.82) is 0 Å². The summed E-state index contributed by atoms with van der Waals surface area (Å²) < 4.78 is 12.3. The number of imidazole rings is 1. The third-order valence-electron chi connectivity index (χ3n) is 6.67. The zero-order chi connectivity index (χ0) is 22.6. The smallest absolute Gasteiger partial charge is 0.156 e. The van der Waals surface area contributed by atoms with Gasteiger partial charge in [0.25, 0.3) is 0 Å². The van der Waals surface area contributed by atoms with Crippen molar-refractivity contribution in [3.63, 3.8) is 0 Å². The molecule has 5 rings (SSSR count). The van der Waals surface area contributed by atoms with Crippen LogP contribution < -0.4 is 10.1 Å². The van der Waals surface area contributed by atoms with Crippen LogP contribution >= 0.6 is 11.3 Å². The molecule has 5 nitrogen and oxygen atoms in total. The first-order chi connectivity index (χ1) is 16.2. The second-order valence-electron chi connectivity index (χ2n) is 9.05. The number of hydrogen-bond acceptors (Lipinski definition) is 4. The van der Waals surface area contributed by atoms with Crippen molar-refractivity contribution < 1.29 is 4.74 Å². The van der Waals surface area contributed by atoms with Crippen LogP contribution in [0, 0.1) is 0 Å². The molecular weight excluding hydrogens is 428 g/mol. The van der Waals surface area contributed by atoms with Gasteiger partial charge in [-0.05, 0) is 80.4 Å². The molecule has 0 spiro atoms. The summed E-state index contributed by atoms with van der Waals surface area (Å²) in [5.74, 6) is 2.10. The van der Waals surface area contributed by atoms with Crippen molar-refractivity contribution >= 4 is 21.6 Å². The van der Waals surface area contributed by atoms with Gasteiger partial charge in [-0.3, -0.25) is 0 Å². The van der Waals surface area contributed by atoms with E-state index in [0.29, 0.717) is 6.10 Å². The Labute approximate surface area is 200 Å². The summed E-state index contributed by atoms with van der Waals surface area (Å²) in [5, 5.41) is 5.56. The molecule has 6 heteroatoms. The van der Waals surface area contributed by atoms with Crippen LogP contribution in [0.4, 0.5) is 0 Å². The summed E-state index contributed by atoms with van der Waals surface area (Å²) in [4.78, 5) is 4.87. The van der Waals surface area contributed by atoms with E-state index < -0.39 is 0 Å². The number of aromatic nitrogens is 3. The van der Waals surface area contributed by atoms with Gasteiger partial charge in [-0.1, -0.05) is 25.5 Å². The Balaban J connectivity index is 1.29. The normalized spacial score (nSPS) is 14.8. The van der Waals surface area contributed by atoms with Crippen LogP contribution in [0.25, 0.3) is 21.7 Å². The van der Waals surface area contributed by atoms with Crippen molar-refractivity contribution in [2.75, 3.05) is 13.1 Å². The predicted molar refractivity (Wildman–Crippen MR) is 137 cm³/mol. The maximum atomic E-state index is 6.25. The minimum absolute atomic E-state index is 0.339. The lowest BCUT2D eigenvalue weighted by Crippen LogP contribution is -2.34. The van der Waals surface area contributed by atoms with Crippen LogP contribution in [-0.2, 0) is 26.4 Å². The van der Waals surface area contributed by atoms with Gasteiger partial charge in [-0.25, -0.2) is 4.98 Å². The molecule has 33 heavy (non-hydrogen) atoms. The summed E-state index contributed by atoms with van der Waals surface area (Å²) >= 11 is 1.80. The van der Waals surface area contributed by atoms with Gasteiger partial charge in [0.05, 0.1) is 15.9 Å². The average Bonchev–Trinajstić information content (AvgIpc) is 3.52. The summed E-state index contributed by atoms with van der Waals surface area (Å²) in [6.07, 6.45) is 8.90. The maximum absolute atomic E-state index is 6.25. The van der Waals surface area contributed by atoms with Crippen molar-refractivity contribution in [1.82, 2.24) is 19.4 Å². The van der Waals surface area contributed by atoms with Gasteiger partial charge < -0.3 is 19.2 Å². The highest BCUT2D eigenvalue weighted by molar-refractivity contribution is 7.17. The third kappa shape index (κ3) is 4.87. The van der Waals surface area contributed by atoms with E-state index in [1.165, 1.54) is 27.2 Å². The Morgan fingerprint density at radius 3 is 2.85 bits per heavy atom. The number of ether oxygens (including phenoxy) is 1. The quantitative estimate of drug-likeness (QED) is 0.341. The Hall–Kier alpha value is -2.57. The van der Waals surface area contributed by atoms with Gasteiger partial charge >= 0.3 is 0 Å². The van der Waals surface area contributed by atoms with E-state index >= 15 is 0 Å². The average molecular weight is 463 g/mol. The van der Waals surface area contributed by atoms with Crippen LogP contribution in [0.5, 0.6) is 5.75 Å². The van der Waals surface area contributed by atoms with Crippen LogP contribution in [0.2, 0.25) is 0 Å². The zero-order valence-electron chi connectivity index (χ0n) is 19.7. The van der Waals surface area contributed by atoms with E-state index in [1.54, 1.807) is 11.3 Å². The van der Waals surface area contributed by atoms with Gasteiger partial charge in [0.15, 0.2) is 5.82 Å². The first-order valence-corrected chi connectivity index (χ1v) is 13.1. The highest BCUT2D eigenvalue weighted by Crippen LogP contribution is 2.31. The number of benzene rings is 1. The first-order valence-electron chi connectivity index (χ1n) is 12.3. The number of nitrogens with zero attached hydrogens (tertiary/aromatic N) is 3. The van der Waals surface area contributed by atoms with Gasteiger partial charge in [-0.15, -0.1) is 11.3 Å². The number of rotatable bonds is 9. The fraction of sp³-hybridized carbons (Fsp3) is 0.444. The predicted octanol–water partition coefficient (Wildman–Crippen LogP) is 5.82. The minimum Gasteiger partial charge on any atom is -0.490 e. The van der Waals surface area contributed by atoms with E-state index in [2.05, 4.69) is 76.4 Å². The van der Waals surface area contributed by atoms with Gasteiger partial charge in [0, 0.05) is 25.5 Å². The molecule has 0 radical (unpaired) electrons. The van der Waals surface area contributed by atoms with Crippen LogP contribution in [0.3, 0.4) is 0 Å². The fourth-order valence-electron chi connectivity index (χ4n) is 4.91. The van der Waals surface area contributed by atoms with E-state index in [0.717, 1.165) is 69.7 Å². The molecule has 0 aliphatic carbocycles. The summed E-state index contributed by atoms with van der Waals surface area (Å²) in [6.45, 7) is 5.32. The summed E-state index contributed by atoms with van der Waals surface area (Å²) in [5.41, 5.74) is 5.17. The second kappa shape index (κ2) is 10.1. The molecule has 1 N–H and O–H groups in total. The molecule has 0 bridgehead atoms. The zero-order valence-corrected chi connectivity index (χ0v) is 20.5. The van der Waals surface area contributed by atoms with Gasteiger partial charge in [0.1, 0.15) is 11.9 Å². The lowest BCUT2D eigenvalue weighted by atomic mass is 10.1. The molecule has 0 unspecified atom stereocenters. The highest BCUT2D eigenvalue weighted by Gasteiger charge is 2.17. The topological polar surface area (TPSA) is 44.0 Å². The van der Waals surface area contributed by atoms with Crippen molar-refractivity contribution in [2.24, 2.45) is 7.05 Å². The number of nitrogens with one attached hydrogen (secondary N) is 1. The van der Waals surface area contributed by atoms with Crippen molar-refractivity contribution in [3.8, 4) is 17.3 Å². The SMILES string of the molecule is CCCc1cnc(-c2cc3sccc3n2C)n1CCCc1cccc(OC2CCNCC2)c1. The molecule has 1 aliphatic heterocycles. The van der Waals surface area contributed by atoms with Crippen LogP contribution in [-0.4, -0.2) is 33.3 Å². The van der Waals surface area contributed by atoms with E-state index in [4.69, 9.17) is 9.72 Å². The lowest BCUT2D eigenvalue weighted by Gasteiger charge is -2.24. The molecule has 1 fully saturated rings. The largest absolute Gasteiger partial charge is 0.490 e. The summed E-state index contributed by atoms with van der Waals surface area (Å²) in [7, 11) is 2.15. The number of hydrogen-bond donors (Lipinski definition) is 1. The van der Waals surface area contributed by atoms with Crippen LogP contribution in [0.1, 0.15) is 43.9 Å². The maximum Gasteiger partial charge on any atom is 0.156 e. The Kier molecular flexibility index (Phi) is 6.83. The third-order valence-corrected chi connectivity index (χ3v) is 7.52. The minimum atomic E-state index is 0.339. The monoisotopic (exact) mass is 462 g/mol. The molecule has 1 aliphatic rings. The Bertz CT molecular complexity index is 1200. The molecule has 1 saturated heterocycles. The second-order valence-corrected chi connectivity index (χ2v) is 10.00. The molecule has 4 aromatic rings. The number of thiophene rings is 1. The molecule has 1 aromatic carbocycles. The molecular formula is C27H34N4OS.